The molecule has 5 aliphatic rings. The largest absolute Gasteiger partial charge is 0.481 e. The smallest absolute Gasteiger partial charge is 0.407 e. The average molecular weight is 925 g/mol. The van der Waals surface area contributed by atoms with Crippen LogP contribution in [0.1, 0.15) is 133 Å². The summed E-state index contributed by atoms with van der Waals surface area (Å²) in [4.78, 5) is 39.8. The number of nitrogens with one attached hydrogen (secondary N) is 1. The number of ether oxygens (including phenoxy) is 6. The van der Waals surface area contributed by atoms with Crippen LogP contribution in [0.15, 0.2) is 12.2 Å². The van der Waals surface area contributed by atoms with E-state index in [1.807, 2.05) is 55.4 Å². The highest BCUT2D eigenvalue weighted by atomic mass is 35.6. The summed E-state index contributed by atoms with van der Waals surface area (Å²) in [6.45, 7) is 18.9. The topological polar surface area (TPSA) is 179 Å². The van der Waals surface area contributed by atoms with Crippen molar-refractivity contribution in [2.24, 2.45) is 41.4 Å². The summed E-state index contributed by atoms with van der Waals surface area (Å²) in [5, 5.41) is 35.7. The Morgan fingerprint density at radius 3 is 2.18 bits per heavy atom. The Balaban J connectivity index is 1.39. The summed E-state index contributed by atoms with van der Waals surface area (Å²) in [5.41, 5.74) is -1.83. The number of halogens is 3. The highest BCUT2D eigenvalue weighted by Crippen LogP contribution is 2.54. The van der Waals surface area contributed by atoms with Gasteiger partial charge in [0.15, 0.2) is 11.6 Å². The molecule has 4 N–H and O–H groups in total. The zero-order valence-corrected chi connectivity index (χ0v) is 39.9. The fraction of sp³-hybridized carbons (Fsp3) is 0.889. The first-order chi connectivity index (χ1) is 28.4. The number of aliphatic carboxylic acids is 1. The number of aliphatic hydroxyl groups excluding tert-OH is 1. The molecular weight excluding hydrogens is 853 g/mol. The van der Waals surface area contributed by atoms with Gasteiger partial charge < -0.3 is 49.1 Å². The Labute approximate surface area is 377 Å². The van der Waals surface area contributed by atoms with Gasteiger partial charge in [0, 0.05) is 30.1 Å². The SMILES string of the molecule is CC[C@@H](C(=O)[C@@H](C)[C@@H](O)[C@H](C)[C@@H]1O[C@@H]([C@@H](CC)C(=O)O)CC[C@@H]1C)[C@H]1O[C@]2(C=C[C@@H](NC(=O)OCC(Cl)(Cl)Cl)[C@]3(CC[C@@](C)([C@H]4CC[C@](O)(CC)[C@H](C)O4)O3)O2)[C@H](C)C[C@@H]1C. The molecule has 13 nitrogen and oxygen atoms in total. The van der Waals surface area contributed by atoms with Crippen molar-refractivity contribution in [2.45, 2.75) is 203 Å². The standard InChI is InChI=1S/C45H72Cl3NO12/c1-11-30(39(52)53)32-15-14-24(4)37(58-32)28(8)35(50)27(7)36(51)31(12-2)38-25(5)22-26(6)43(59-38)19-16-33(49-40(54)56-23-45(46,47)48)44(61-43)21-20-41(10,60-44)34-17-18-42(55,13-3)29(9)57-34/h16,19,24-35,37-38,50,55H,11-15,17-18,20-23H2,1-10H3,(H,49,54)(H,52,53)/t24-,25-,26+,27-,28-,29-,30+,31-,32+,33+,34+,35+,37+,38-,41-,42+,43-,44-/m0/s1. The molecule has 5 aliphatic heterocycles. The number of carbonyl (C=O) groups is 3. The van der Waals surface area contributed by atoms with Gasteiger partial charge in [0.1, 0.15) is 18.4 Å². The second kappa shape index (κ2) is 19.7. The molecule has 5 rings (SSSR count). The van der Waals surface area contributed by atoms with Gasteiger partial charge in [0.25, 0.3) is 0 Å². The van der Waals surface area contributed by atoms with Crippen LogP contribution in [0, 0.1) is 41.4 Å². The number of hydrogen-bond acceptors (Lipinski definition) is 11. The van der Waals surface area contributed by atoms with Crippen LogP contribution in [0.25, 0.3) is 0 Å². The highest BCUT2D eigenvalue weighted by Gasteiger charge is 2.63. The van der Waals surface area contributed by atoms with Gasteiger partial charge in [0.2, 0.25) is 3.79 Å². The second-order valence-corrected chi connectivity index (χ2v) is 21.8. The van der Waals surface area contributed by atoms with Crippen LogP contribution in [-0.4, -0.2) is 109 Å². The third kappa shape index (κ3) is 10.7. The van der Waals surface area contributed by atoms with E-state index in [-0.39, 0.29) is 29.6 Å². The summed E-state index contributed by atoms with van der Waals surface area (Å²) < 4.78 is 37.6. The number of carbonyl (C=O) groups excluding carboxylic acids is 2. The van der Waals surface area contributed by atoms with Crippen molar-refractivity contribution >= 4 is 52.6 Å². The van der Waals surface area contributed by atoms with E-state index in [4.69, 9.17) is 63.2 Å². The Morgan fingerprint density at radius 2 is 1.59 bits per heavy atom. The maximum absolute atomic E-state index is 14.6. The molecule has 61 heavy (non-hydrogen) atoms. The lowest BCUT2D eigenvalue weighted by molar-refractivity contribution is -0.398. The molecule has 0 radical (unpaired) electrons. The molecule has 1 amide bonds. The molecule has 0 aromatic rings. The fourth-order valence-electron chi connectivity index (χ4n) is 11.0. The minimum absolute atomic E-state index is 0.0642. The molecule has 0 aromatic carbocycles. The van der Waals surface area contributed by atoms with Crippen molar-refractivity contribution in [1.82, 2.24) is 5.32 Å². The summed E-state index contributed by atoms with van der Waals surface area (Å²) in [6, 6.07) is -0.864. The number of amides is 1. The van der Waals surface area contributed by atoms with Crippen molar-refractivity contribution in [3.63, 3.8) is 0 Å². The number of hydrogen-bond donors (Lipinski definition) is 4. The number of ketones is 1. The van der Waals surface area contributed by atoms with Crippen LogP contribution in [0.3, 0.4) is 0 Å². The minimum Gasteiger partial charge on any atom is -0.481 e. The number of alkyl carbamates (subject to hydrolysis) is 1. The quantitative estimate of drug-likeness (QED) is 0.0969. The van der Waals surface area contributed by atoms with Crippen molar-refractivity contribution in [3.05, 3.63) is 12.2 Å². The van der Waals surface area contributed by atoms with Crippen molar-refractivity contribution < 1.29 is 58.1 Å². The average Bonchev–Trinajstić information content (AvgIpc) is 3.54. The van der Waals surface area contributed by atoms with Crippen LogP contribution < -0.4 is 5.32 Å². The third-order valence-electron chi connectivity index (χ3n) is 15.1. The molecule has 0 aliphatic carbocycles. The van der Waals surface area contributed by atoms with E-state index < -0.39 is 105 Å². The van der Waals surface area contributed by atoms with Gasteiger partial charge in [-0.2, -0.15) is 0 Å². The van der Waals surface area contributed by atoms with Crippen molar-refractivity contribution in [3.8, 4) is 0 Å². The summed E-state index contributed by atoms with van der Waals surface area (Å²) >= 11 is 17.6. The first kappa shape index (κ1) is 50.7. The highest BCUT2D eigenvalue weighted by molar-refractivity contribution is 6.67. The fourth-order valence-corrected chi connectivity index (χ4v) is 11.1. The molecule has 2 spiro atoms. The lowest BCUT2D eigenvalue weighted by Crippen LogP contribution is -2.65. The number of carboxylic acids is 1. The third-order valence-corrected chi connectivity index (χ3v) is 15.4. The molecule has 0 unspecified atom stereocenters. The van der Waals surface area contributed by atoms with Crippen LogP contribution in [0.2, 0.25) is 0 Å². The molecule has 5 heterocycles. The van der Waals surface area contributed by atoms with Gasteiger partial charge >= 0.3 is 12.1 Å². The van der Waals surface area contributed by atoms with Crippen molar-refractivity contribution in [1.29, 1.82) is 0 Å². The molecule has 350 valence electrons. The molecule has 16 heteroatoms. The Kier molecular flexibility index (Phi) is 16.4. The Hall–Kier alpha value is -1.26. The van der Waals surface area contributed by atoms with Gasteiger partial charge in [0.05, 0.1) is 53.7 Å². The van der Waals surface area contributed by atoms with Gasteiger partial charge in [-0.05, 0) is 89.5 Å². The number of aliphatic hydroxyl groups is 2. The normalized spacial score (nSPS) is 41.8. The molecule has 4 saturated heterocycles. The minimum atomic E-state index is -1.82. The van der Waals surface area contributed by atoms with Gasteiger partial charge in [-0.1, -0.05) is 96.3 Å². The van der Waals surface area contributed by atoms with Crippen molar-refractivity contribution in [2.75, 3.05) is 6.61 Å². The molecule has 4 fully saturated rings. The summed E-state index contributed by atoms with van der Waals surface area (Å²) in [5.74, 6) is -6.51. The van der Waals surface area contributed by atoms with Crippen LogP contribution in [0.4, 0.5) is 4.79 Å². The zero-order valence-electron chi connectivity index (χ0n) is 37.7. The number of rotatable bonds is 14. The van der Waals surface area contributed by atoms with E-state index in [2.05, 4.69) is 12.2 Å². The molecule has 18 atom stereocenters. The van der Waals surface area contributed by atoms with E-state index in [9.17, 15) is 29.7 Å². The first-order valence-electron chi connectivity index (χ1n) is 22.6. The monoisotopic (exact) mass is 923 g/mol. The maximum Gasteiger partial charge on any atom is 0.407 e. The molecular formula is C45H72Cl3NO12. The molecule has 0 saturated carbocycles. The maximum atomic E-state index is 14.6. The van der Waals surface area contributed by atoms with Gasteiger partial charge in [-0.15, -0.1) is 0 Å². The van der Waals surface area contributed by atoms with E-state index in [0.29, 0.717) is 57.8 Å². The lowest BCUT2D eigenvalue weighted by atomic mass is 9.72. The second-order valence-electron chi connectivity index (χ2n) is 19.3. The van der Waals surface area contributed by atoms with E-state index in [1.54, 1.807) is 19.1 Å². The Bertz CT molecular complexity index is 1580. The van der Waals surface area contributed by atoms with E-state index >= 15 is 0 Å². The first-order valence-corrected chi connectivity index (χ1v) is 23.8. The predicted molar refractivity (Wildman–Crippen MR) is 231 cm³/mol. The van der Waals surface area contributed by atoms with Gasteiger partial charge in [-0.25, -0.2) is 4.79 Å². The van der Waals surface area contributed by atoms with E-state index in [0.717, 1.165) is 6.42 Å². The number of alkyl halides is 3. The number of carboxylic acid groups (broad SMARTS) is 1. The van der Waals surface area contributed by atoms with Crippen LogP contribution in [-0.2, 0) is 38.0 Å². The lowest BCUT2D eigenvalue weighted by Gasteiger charge is -2.55. The molecule has 0 bridgehead atoms. The predicted octanol–water partition coefficient (Wildman–Crippen LogP) is 8.29. The zero-order chi connectivity index (χ0) is 45.5. The van der Waals surface area contributed by atoms with Gasteiger partial charge in [-0.3, -0.25) is 9.59 Å². The van der Waals surface area contributed by atoms with E-state index in [1.165, 1.54) is 0 Å². The van der Waals surface area contributed by atoms with Crippen LogP contribution >= 0.6 is 34.8 Å². The van der Waals surface area contributed by atoms with Crippen LogP contribution in [0.5, 0.6) is 0 Å². The summed E-state index contributed by atoms with van der Waals surface area (Å²) in [7, 11) is 0. The Morgan fingerprint density at radius 1 is 0.918 bits per heavy atom. The number of Topliss-reactive ketones (excluding diaryl/α,β-unsaturated/α-hetero) is 1. The summed E-state index contributed by atoms with van der Waals surface area (Å²) in [6.07, 6.45) is 4.78. The molecule has 0 aromatic heterocycles.